The summed E-state index contributed by atoms with van der Waals surface area (Å²) in [5.41, 5.74) is 1.76. The van der Waals surface area contributed by atoms with Crippen molar-refractivity contribution in [3.8, 4) is 0 Å². The minimum Gasteiger partial charge on any atom is -0.444 e. The molecule has 0 aliphatic carbocycles. The summed E-state index contributed by atoms with van der Waals surface area (Å²) in [6.45, 7) is 8.34. The molecule has 0 bridgehead atoms. The minimum absolute atomic E-state index is 0.0253. The van der Waals surface area contributed by atoms with Gasteiger partial charge in [0, 0.05) is 24.9 Å². The molecule has 1 aromatic heterocycles. The fraction of sp³-hybridized carbons (Fsp3) is 0.571. The quantitative estimate of drug-likeness (QED) is 0.709. The van der Waals surface area contributed by atoms with Crippen LogP contribution < -0.4 is 0 Å². The second-order valence-corrected chi connectivity index (χ2v) is 5.64. The van der Waals surface area contributed by atoms with Crippen LogP contribution in [0.2, 0.25) is 0 Å². The first-order valence-electron chi connectivity index (χ1n) is 6.32. The second kappa shape index (κ2) is 4.59. The number of nitrogens with zero attached hydrogens (tertiary/aromatic N) is 2. The van der Waals surface area contributed by atoms with Crippen LogP contribution in [0.5, 0.6) is 0 Å². The molecule has 0 saturated heterocycles. The number of carbonyl (C=O) groups is 1. The summed E-state index contributed by atoms with van der Waals surface area (Å²) in [5.74, 6) is 0. The molecule has 4 heteroatoms. The Labute approximate surface area is 108 Å². The fourth-order valence-electron chi connectivity index (χ4n) is 2.20. The lowest BCUT2D eigenvalue weighted by Gasteiger charge is -2.35. The van der Waals surface area contributed by atoms with Crippen LogP contribution in [-0.2, 0) is 11.2 Å². The van der Waals surface area contributed by atoms with Gasteiger partial charge >= 0.3 is 6.09 Å². The molecule has 0 saturated carbocycles. The van der Waals surface area contributed by atoms with E-state index in [1.807, 2.05) is 39.8 Å². The maximum absolute atomic E-state index is 12.1. The van der Waals surface area contributed by atoms with Gasteiger partial charge in [-0.2, -0.15) is 0 Å². The van der Waals surface area contributed by atoms with Crippen molar-refractivity contribution in [2.24, 2.45) is 0 Å². The third-order valence-corrected chi connectivity index (χ3v) is 3.06. The number of rotatable bonds is 0. The van der Waals surface area contributed by atoms with E-state index in [9.17, 15) is 4.79 Å². The Morgan fingerprint density at radius 3 is 2.89 bits per heavy atom. The molecular formula is C14H20N2O2. The van der Waals surface area contributed by atoms with Crippen LogP contribution in [0.1, 0.15) is 45.0 Å². The molecule has 1 atom stereocenters. The van der Waals surface area contributed by atoms with Crippen LogP contribution in [0, 0.1) is 0 Å². The Morgan fingerprint density at radius 1 is 1.50 bits per heavy atom. The number of pyridine rings is 1. The van der Waals surface area contributed by atoms with Crippen molar-refractivity contribution in [3.63, 3.8) is 0 Å². The lowest BCUT2D eigenvalue weighted by Crippen LogP contribution is -2.42. The normalized spacial score (nSPS) is 19.3. The molecule has 1 aromatic rings. The third kappa shape index (κ3) is 2.63. The second-order valence-electron chi connectivity index (χ2n) is 5.64. The van der Waals surface area contributed by atoms with Crippen LogP contribution in [0.4, 0.5) is 4.79 Å². The number of ether oxygens (including phenoxy) is 1. The summed E-state index contributed by atoms with van der Waals surface area (Å²) >= 11 is 0. The maximum Gasteiger partial charge on any atom is 0.410 e. The Kier molecular flexibility index (Phi) is 3.28. The van der Waals surface area contributed by atoms with E-state index in [2.05, 4.69) is 4.98 Å². The van der Waals surface area contributed by atoms with Gasteiger partial charge in [-0.05, 0) is 39.3 Å². The minimum atomic E-state index is -0.452. The molecule has 0 N–H and O–H groups in total. The molecule has 2 rings (SSSR count). The van der Waals surface area contributed by atoms with Crippen LogP contribution >= 0.6 is 0 Å². The Morgan fingerprint density at radius 2 is 2.22 bits per heavy atom. The van der Waals surface area contributed by atoms with Gasteiger partial charge in [-0.1, -0.05) is 6.07 Å². The van der Waals surface area contributed by atoms with Crippen molar-refractivity contribution in [2.45, 2.75) is 45.8 Å². The van der Waals surface area contributed by atoms with Crippen LogP contribution in [0.25, 0.3) is 0 Å². The van der Waals surface area contributed by atoms with E-state index < -0.39 is 5.60 Å². The molecule has 0 fully saturated rings. The fourth-order valence-corrected chi connectivity index (χ4v) is 2.20. The molecule has 1 amide bonds. The van der Waals surface area contributed by atoms with Gasteiger partial charge in [0.05, 0.1) is 6.04 Å². The van der Waals surface area contributed by atoms with E-state index in [0.29, 0.717) is 6.54 Å². The van der Waals surface area contributed by atoms with Crippen molar-refractivity contribution >= 4 is 6.09 Å². The lowest BCUT2D eigenvalue weighted by atomic mass is 9.99. The number of fused-ring (bicyclic) bond motifs is 1. The van der Waals surface area contributed by atoms with E-state index in [0.717, 1.165) is 17.7 Å². The summed E-state index contributed by atoms with van der Waals surface area (Å²) in [4.78, 5) is 18.2. The van der Waals surface area contributed by atoms with Gasteiger partial charge in [0.15, 0.2) is 0 Å². The average molecular weight is 248 g/mol. The smallest absolute Gasteiger partial charge is 0.410 e. The monoisotopic (exact) mass is 248 g/mol. The Bertz CT molecular complexity index is 451. The van der Waals surface area contributed by atoms with Gasteiger partial charge in [-0.15, -0.1) is 0 Å². The van der Waals surface area contributed by atoms with Crippen molar-refractivity contribution in [3.05, 3.63) is 29.6 Å². The molecule has 0 radical (unpaired) electrons. The topological polar surface area (TPSA) is 42.4 Å². The molecule has 1 aliphatic heterocycles. The molecule has 0 aromatic carbocycles. The van der Waals surface area contributed by atoms with Gasteiger partial charge < -0.3 is 9.64 Å². The van der Waals surface area contributed by atoms with E-state index in [4.69, 9.17) is 4.74 Å². The van der Waals surface area contributed by atoms with Crippen LogP contribution in [-0.4, -0.2) is 28.1 Å². The van der Waals surface area contributed by atoms with Crippen LogP contribution in [0.3, 0.4) is 0 Å². The largest absolute Gasteiger partial charge is 0.444 e. The summed E-state index contributed by atoms with van der Waals surface area (Å²) in [5, 5.41) is 0. The Balaban J connectivity index is 2.17. The zero-order valence-electron chi connectivity index (χ0n) is 11.4. The highest BCUT2D eigenvalue weighted by Gasteiger charge is 2.31. The number of amides is 1. The molecular weight excluding hydrogens is 228 g/mol. The molecule has 1 aliphatic rings. The first-order chi connectivity index (χ1) is 8.38. The predicted molar refractivity (Wildman–Crippen MR) is 69.3 cm³/mol. The highest BCUT2D eigenvalue weighted by atomic mass is 16.6. The molecule has 18 heavy (non-hydrogen) atoms. The summed E-state index contributed by atoms with van der Waals surface area (Å²) in [6, 6.07) is 3.97. The van der Waals surface area contributed by atoms with Gasteiger partial charge in [0.2, 0.25) is 0 Å². The first kappa shape index (κ1) is 12.9. The molecule has 4 nitrogen and oxygen atoms in total. The van der Waals surface area contributed by atoms with E-state index in [-0.39, 0.29) is 12.1 Å². The molecule has 1 unspecified atom stereocenters. The highest BCUT2D eigenvalue weighted by Crippen LogP contribution is 2.29. The van der Waals surface area contributed by atoms with Crippen molar-refractivity contribution in [1.29, 1.82) is 0 Å². The van der Waals surface area contributed by atoms with Crippen molar-refractivity contribution < 1.29 is 9.53 Å². The number of hydrogen-bond acceptors (Lipinski definition) is 3. The molecule has 0 spiro atoms. The SMILES string of the molecule is CC1c2cccnc2CCN1C(=O)OC(C)(C)C. The summed E-state index contributed by atoms with van der Waals surface area (Å²) < 4.78 is 5.43. The highest BCUT2D eigenvalue weighted by molar-refractivity contribution is 5.69. The Hall–Kier alpha value is -1.58. The number of hydrogen-bond donors (Lipinski definition) is 0. The lowest BCUT2D eigenvalue weighted by molar-refractivity contribution is 0.0158. The molecule has 2 heterocycles. The van der Waals surface area contributed by atoms with Crippen molar-refractivity contribution in [2.75, 3.05) is 6.54 Å². The van der Waals surface area contributed by atoms with Crippen LogP contribution in [0.15, 0.2) is 18.3 Å². The van der Waals surface area contributed by atoms with Gasteiger partial charge in [-0.3, -0.25) is 4.98 Å². The average Bonchev–Trinajstić information content (AvgIpc) is 2.27. The van der Waals surface area contributed by atoms with Crippen molar-refractivity contribution in [1.82, 2.24) is 9.88 Å². The number of carbonyl (C=O) groups excluding carboxylic acids is 1. The molecule has 98 valence electrons. The van der Waals surface area contributed by atoms with E-state index in [1.54, 1.807) is 11.1 Å². The summed E-state index contributed by atoms with van der Waals surface area (Å²) in [6.07, 6.45) is 2.35. The zero-order valence-corrected chi connectivity index (χ0v) is 11.4. The predicted octanol–water partition coefficient (Wildman–Crippen LogP) is 2.94. The summed E-state index contributed by atoms with van der Waals surface area (Å²) in [7, 11) is 0. The standard InChI is InChI=1S/C14H20N2O2/c1-10-11-6-5-8-15-12(11)7-9-16(10)13(17)18-14(2,3)4/h5-6,8,10H,7,9H2,1-4H3. The first-order valence-corrected chi connectivity index (χ1v) is 6.32. The third-order valence-electron chi connectivity index (χ3n) is 3.06. The number of aromatic nitrogens is 1. The van der Waals surface area contributed by atoms with Gasteiger partial charge in [-0.25, -0.2) is 4.79 Å². The van der Waals surface area contributed by atoms with E-state index >= 15 is 0 Å². The van der Waals surface area contributed by atoms with E-state index in [1.165, 1.54) is 0 Å². The van der Waals surface area contributed by atoms with Gasteiger partial charge in [0.1, 0.15) is 5.60 Å². The van der Waals surface area contributed by atoms with Gasteiger partial charge in [0.25, 0.3) is 0 Å². The zero-order chi connectivity index (χ0) is 13.3. The maximum atomic E-state index is 12.1.